The van der Waals surface area contributed by atoms with Gasteiger partial charge in [0, 0.05) is 6.04 Å². The van der Waals surface area contributed by atoms with Crippen molar-refractivity contribution < 1.29 is 4.39 Å². The molecule has 2 bridgehead atoms. The Balaban J connectivity index is 1.82. The van der Waals surface area contributed by atoms with Gasteiger partial charge in [0.2, 0.25) is 0 Å². The Morgan fingerprint density at radius 3 is 2.78 bits per heavy atom. The van der Waals surface area contributed by atoms with Crippen LogP contribution in [0.5, 0.6) is 0 Å². The van der Waals surface area contributed by atoms with Crippen LogP contribution in [-0.4, -0.2) is 6.04 Å². The molecule has 3 unspecified atom stereocenters. The zero-order chi connectivity index (χ0) is 12.7. The van der Waals surface area contributed by atoms with E-state index in [9.17, 15) is 4.39 Å². The number of nitrogens with one attached hydrogen (secondary N) is 1. The monoisotopic (exact) mass is 308 g/mol. The number of hydrogen-bond donors (Lipinski definition) is 1. The Kier molecular flexibility index (Phi) is 3.03. The number of anilines is 1. The maximum Gasteiger partial charge on any atom is 0.161 e. The first-order valence-corrected chi connectivity index (χ1v) is 7.13. The average molecular weight is 309 g/mol. The zero-order valence-corrected chi connectivity index (χ0v) is 11.5. The molecule has 3 rings (SSSR count). The molecular formula is C14H14BrFN2. The van der Waals surface area contributed by atoms with Crippen molar-refractivity contribution >= 4 is 21.6 Å². The van der Waals surface area contributed by atoms with Crippen LogP contribution in [-0.2, 0) is 0 Å². The third-order valence-electron chi connectivity index (χ3n) is 4.28. The topological polar surface area (TPSA) is 35.8 Å². The maximum absolute atomic E-state index is 14.1. The summed E-state index contributed by atoms with van der Waals surface area (Å²) >= 11 is 3.14. The summed E-state index contributed by atoms with van der Waals surface area (Å²) < 4.78 is 14.3. The van der Waals surface area contributed by atoms with E-state index in [1.807, 2.05) is 6.07 Å². The first-order chi connectivity index (χ1) is 8.69. The lowest BCUT2D eigenvalue weighted by Crippen LogP contribution is -2.26. The molecular weight excluding hydrogens is 295 g/mol. The summed E-state index contributed by atoms with van der Waals surface area (Å²) in [5.74, 6) is 1.18. The molecule has 0 amide bonds. The van der Waals surface area contributed by atoms with Gasteiger partial charge >= 0.3 is 0 Å². The lowest BCUT2D eigenvalue weighted by Gasteiger charge is -2.24. The minimum absolute atomic E-state index is 0.262. The minimum Gasteiger partial charge on any atom is -0.380 e. The predicted molar refractivity (Wildman–Crippen MR) is 71.7 cm³/mol. The van der Waals surface area contributed by atoms with Crippen LogP contribution >= 0.6 is 15.9 Å². The lowest BCUT2D eigenvalue weighted by atomic mass is 9.95. The normalized spacial score (nSPS) is 29.3. The van der Waals surface area contributed by atoms with Crippen LogP contribution in [0.2, 0.25) is 0 Å². The average Bonchev–Trinajstić information content (AvgIpc) is 2.97. The number of nitriles is 1. The second-order valence-corrected chi connectivity index (χ2v) is 6.12. The molecule has 0 aromatic heterocycles. The molecule has 1 N–H and O–H groups in total. The first-order valence-electron chi connectivity index (χ1n) is 6.33. The molecule has 94 valence electrons. The standard InChI is InChI=1S/C14H14BrFN2/c15-13-10(7-17)3-4-11(14(13)16)18-12-6-8-1-2-9(12)5-8/h3-4,8-9,12,18H,1-2,5-6H2. The van der Waals surface area contributed by atoms with Crippen molar-refractivity contribution in [1.82, 2.24) is 0 Å². The van der Waals surface area contributed by atoms with Gasteiger partial charge in [-0.2, -0.15) is 5.26 Å². The van der Waals surface area contributed by atoms with Crippen molar-refractivity contribution in [3.8, 4) is 6.07 Å². The molecule has 3 atom stereocenters. The molecule has 2 fully saturated rings. The summed E-state index contributed by atoms with van der Waals surface area (Å²) in [6.45, 7) is 0. The molecule has 0 aliphatic heterocycles. The van der Waals surface area contributed by atoms with Crippen LogP contribution in [0.3, 0.4) is 0 Å². The molecule has 2 aliphatic carbocycles. The number of nitrogens with zero attached hydrogens (tertiary/aromatic N) is 1. The van der Waals surface area contributed by atoms with Gasteiger partial charge in [-0.05, 0) is 59.2 Å². The Labute approximate surface area is 114 Å². The highest BCUT2D eigenvalue weighted by atomic mass is 79.9. The van der Waals surface area contributed by atoms with Gasteiger partial charge < -0.3 is 5.32 Å². The number of benzene rings is 1. The van der Waals surface area contributed by atoms with E-state index in [1.165, 1.54) is 19.3 Å². The fraction of sp³-hybridized carbons (Fsp3) is 0.500. The molecule has 0 heterocycles. The highest BCUT2D eigenvalue weighted by molar-refractivity contribution is 9.10. The van der Waals surface area contributed by atoms with Crippen LogP contribution < -0.4 is 5.32 Å². The third-order valence-corrected chi connectivity index (χ3v) is 5.06. The van der Waals surface area contributed by atoms with E-state index >= 15 is 0 Å². The summed E-state index contributed by atoms with van der Waals surface area (Å²) in [7, 11) is 0. The van der Waals surface area contributed by atoms with Gasteiger partial charge in [-0.3, -0.25) is 0 Å². The number of halogens is 2. The van der Waals surface area contributed by atoms with Crippen molar-refractivity contribution in [3.63, 3.8) is 0 Å². The smallest absolute Gasteiger partial charge is 0.161 e. The van der Waals surface area contributed by atoms with Gasteiger partial charge in [0.25, 0.3) is 0 Å². The van der Waals surface area contributed by atoms with Crippen molar-refractivity contribution in [2.75, 3.05) is 5.32 Å². The van der Waals surface area contributed by atoms with E-state index in [0.717, 1.165) is 12.3 Å². The van der Waals surface area contributed by atoms with E-state index in [0.29, 0.717) is 23.2 Å². The van der Waals surface area contributed by atoms with Crippen molar-refractivity contribution in [2.45, 2.75) is 31.7 Å². The van der Waals surface area contributed by atoms with Crippen molar-refractivity contribution in [1.29, 1.82) is 5.26 Å². The quantitative estimate of drug-likeness (QED) is 0.894. The molecule has 2 nitrogen and oxygen atoms in total. The summed E-state index contributed by atoms with van der Waals surface area (Å²) in [6, 6.07) is 5.70. The van der Waals surface area contributed by atoms with Gasteiger partial charge in [-0.25, -0.2) is 4.39 Å². The van der Waals surface area contributed by atoms with Crippen LogP contribution in [0, 0.1) is 29.0 Å². The summed E-state index contributed by atoms with van der Waals surface area (Å²) in [5, 5.41) is 12.2. The molecule has 18 heavy (non-hydrogen) atoms. The maximum atomic E-state index is 14.1. The Bertz CT molecular complexity index is 523. The fourth-order valence-electron chi connectivity index (χ4n) is 3.37. The van der Waals surface area contributed by atoms with Crippen molar-refractivity contribution in [2.24, 2.45) is 11.8 Å². The molecule has 2 aliphatic rings. The van der Waals surface area contributed by atoms with Gasteiger partial charge in [0.05, 0.1) is 15.7 Å². The molecule has 0 saturated heterocycles. The number of hydrogen-bond acceptors (Lipinski definition) is 2. The van der Waals surface area contributed by atoms with E-state index < -0.39 is 0 Å². The predicted octanol–water partition coefficient (Wildman–Crippen LogP) is 4.06. The molecule has 1 aromatic carbocycles. The van der Waals surface area contributed by atoms with Crippen LogP contribution in [0.15, 0.2) is 16.6 Å². The van der Waals surface area contributed by atoms with Gasteiger partial charge in [-0.1, -0.05) is 6.42 Å². The van der Waals surface area contributed by atoms with E-state index in [4.69, 9.17) is 5.26 Å². The van der Waals surface area contributed by atoms with Gasteiger partial charge in [-0.15, -0.1) is 0 Å². The summed E-state index contributed by atoms with van der Waals surface area (Å²) in [5.41, 5.74) is 0.851. The SMILES string of the molecule is N#Cc1ccc(NC2CC3CCC2C3)c(F)c1Br. The van der Waals surface area contributed by atoms with Crippen LogP contribution in [0.25, 0.3) is 0 Å². The van der Waals surface area contributed by atoms with Crippen LogP contribution in [0.4, 0.5) is 10.1 Å². The zero-order valence-electron chi connectivity index (χ0n) is 9.92. The molecule has 0 radical (unpaired) electrons. The third kappa shape index (κ3) is 1.91. The summed E-state index contributed by atoms with van der Waals surface area (Å²) in [4.78, 5) is 0. The second-order valence-electron chi connectivity index (χ2n) is 5.33. The van der Waals surface area contributed by atoms with Gasteiger partial charge in [0.15, 0.2) is 5.82 Å². The minimum atomic E-state index is -0.350. The number of rotatable bonds is 2. The Morgan fingerprint density at radius 2 is 2.17 bits per heavy atom. The Morgan fingerprint density at radius 1 is 1.33 bits per heavy atom. The van der Waals surface area contributed by atoms with E-state index in [-0.39, 0.29) is 10.3 Å². The Hall–Kier alpha value is -1.08. The first kappa shape index (κ1) is 12.0. The van der Waals surface area contributed by atoms with E-state index in [2.05, 4.69) is 21.2 Å². The highest BCUT2D eigenvalue weighted by Crippen LogP contribution is 2.45. The van der Waals surface area contributed by atoms with E-state index in [1.54, 1.807) is 12.1 Å². The van der Waals surface area contributed by atoms with Crippen LogP contribution in [0.1, 0.15) is 31.2 Å². The molecule has 0 spiro atoms. The summed E-state index contributed by atoms with van der Waals surface area (Å²) in [6.07, 6.45) is 5.04. The highest BCUT2D eigenvalue weighted by Gasteiger charge is 2.39. The number of fused-ring (bicyclic) bond motifs is 2. The largest absolute Gasteiger partial charge is 0.380 e. The molecule has 1 aromatic rings. The van der Waals surface area contributed by atoms with Gasteiger partial charge in [0.1, 0.15) is 6.07 Å². The second kappa shape index (κ2) is 4.55. The molecule has 4 heteroatoms. The fourth-order valence-corrected chi connectivity index (χ4v) is 3.80. The van der Waals surface area contributed by atoms with Crippen molar-refractivity contribution in [3.05, 3.63) is 28.0 Å². The lowest BCUT2D eigenvalue weighted by molar-refractivity contribution is 0.438. The molecule has 2 saturated carbocycles.